The van der Waals surface area contributed by atoms with E-state index in [1.807, 2.05) is 24.4 Å². The van der Waals surface area contributed by atoms with Gasteiger partial charge in [0, 0.05) is 48.4 Å². The van der Waals surface area contributed by atoms with Gasteiger partial charge in [-0.05, 0) is 36.6 Å². The molecular weight excluding hydrogens is 384 g/mol. The van der Waals surface area contributed by atoms with Crippen molar-refractivity contribution < 1.29 is 4.79 Å². The first-order valence-electron chi connectivity index (χ1n) is 9.66. The minimum Gasteiger partial charge on any atom is -0.361 e. The van der Waals surface area contributed by atoms with Crippen molar-refractivity contribution in [2.75, 3.05) is 23.3 Å². The lowest BCUT2D eigenvalue weighted by atomic mass is 10.1. The van der Waals surface area contributed by atoms with Crippen LogP contribution in [0, 0.1) is 0 Å². The van der Waals surface area contributed by atoms with Gasteiger partial charge in [-0.2, -0.15) is 0 Å². The number of nitrogens with zero attached hydrogens (tertiary/aromatic N) is 4. The summed E-state index contributed by atoms with van der Waals surface area (Å²) < 4.78 is 0. The van der Waals surface area contributed by atoms with Gasteiger partial charge in [0.05, 0.1) is 0 Å². The van der Waals surface area contributed by atoms with Crippen LogP contribution < -0.4 is 10.2 Å². The third-order valence-electron chi connectivity index (χ3n) is 5.14. The van der Waals surface area contributed by atoms with E-state index in [9.17, 15) is 4.79 Å². The number of pyridine rings is 1. The molecule has 146 valence electrons. The molecular formula is C21H20N6OS. The van der Waals surface area contributed by atoms with Crippen LogP contribution in [0.25, 0.3) is 10.9 Å². The predicted octanol–water partition coefficient (Wildman–Crippen LogP) is 3.86. The molecule has 0 radical (unpaired) electrons. The number of aromatic nitrogens is 4. The number of carbonyl (C=O) groups is 1. The second-order valence-corrected chi connectivity index (χ2v) is 8.15. The summed E-state index contributed by atoms with van der Waals surface area (Å²) in [4.78, 5) is 22.5. The molecule has 1 aliphatic heterocycles. The number of anilines is 2. The summed E-state index contributed by atoms with van der Waals surface area (Å²) >= 11 is 1.40. The molecule has 1 fully saturated rings. The zero-order chi connectivity index (χ0) is 19.6. The van der Waals surface area contributed by atoms with Crippen molar-refractivity contribution in [1.82, 2.24) is 20.2 Å². The smallest absolute Gasteiger partial charge is 0.257 e. The molecule has 2 N–H and O–H groups in total. The average molecular weight is 404 g/mol. The van der Waals surface area contributed by atoms with Gasteiger partial charge >= 0.3 is 0 Å². The number of hydrogen-bond donors (Lipinski definition) is 2. The lowest BCUT2D eigenvalue weighted by Gasteiger charge is -2.16. The lowest BCUT2D eigenvalue weighted by Crippen LogP contribution is -2.20. The van der Waals surface area contributed by atoms with E-state index in [0.717, 1.165) is 29.4 Å². The highest BCUT2D eigenvalue weighted by Gasteiger charge is 2.16. The Morgan fingerprint density at radius 3 is 2.93 bits per heavy atom. The normalized spacial score (nSPS) is 13.9. The fourth-order valence-corrected chi connectivity index (χ4v) is 4.42. The fraction of sp³-hybridized carbons (Fsp3) is 0.238. The molecule has 1 amide bonds. The van der Waals surface area contributed by atoms with Crippen LogP contribution in [0.2, 0.25) is 0 Å². The van der Waals surface area contributed by atoms with Crippen LogP contribution in [0.3, 0.4) is 0 Å². The van der Waals surface area contributed by atoms with Gasteiger partial charge in [-0.15, -0.1) is 10.2 Å². The quantitative estimate of drug-likeness (QED) is 0.527. The van der Waals surface area contributed by atoms with Crippen molar-refractivity contribution in [3.05, 3.63) is 64.9 Å². The molecule has 8 heteroatoms. The molecule has 0 aliphatic carbocycles. The van der Waals surface area contributed by atoms with E-state index in [1.54, 1.807) is 12.3 Å². The molecule has 0 unspecified atom stereocenters. The minimum atomic E-state index is -0.192. The lowest BCUT2D eigenvalue weighted by molar-refractivity contribution is 0.102. The van der Waals surface area contributed by atoms with Gasteiger partial charge in [-0.1, -0.05) is 29.5 Å². The largest absolute Gasteiger partial charge is 0.361 e. The summed E-state index contributed by atoms with van der Waals surface area (Å²) in [5, 5.41) is 13.8. The van der Waals surface area contributed by atoms with E-state index in [2.05, 4.69) is 42.5 Å². The zero-order valence-corrected chi connectivity index (χ0v) is 16.6. The number of rotatable bonds is 5. The summed E-state index contributed by atoms with van der Waals surface area (Å²) in [5.74, 6) is 0.662. The van der Waals surface area contributed by atoms with Gasteiger partial charge < -0.3 is 9.88 Å². The highest BCUT2D eigenvalue weighted by molar-refractivity contribution is 7.15. The Morgan fingerprint density at radius 1 is 1.17 bits per heavy atom. The summed E-state index contributed by atoms with van der Waals surface area (Å²) in [5.41, 5.74) is 2.85. The molecule has 4 aromatic rings. The Balaban J connectivity index is 1.28. The minimum absolute atomic E-state index is 0.192. The maximum Gasteiger partial charge on any atom is 0.257 e. The molecule has 1 saturated heterocycles. The summed E-state index contributed by atoms with van der Waals surface area (Å²) in [6, 6.07) is 11.7. The van der Waals surface area contributed by atoms with Gasteiger partial charge in [0.1, 0.15) is 10.8 Å². The predicted molar refractivity (Wildman–Crippen MR) is 115 cm³/mol. The van der Waals surface area contributed by atoms with E-state index in [1.165, 1.54) is 35.1 Å². The van der Waals surface area contributed by atoms with E-state index < -0.39 is 0 Å². The first kappa shape index (κ1) is 17.8. The number of aromatic amines is 1. The Hall–Kier alpha value is -3.26. The number of amides is 1. The SMILES string of the molecule is O=C(Nc1nnc(Cc2c[nH]c3ccccc23)s1)c1ccnc(N2CCCC2)c1. The van der Waals surface area contributed by atoms with Crippen LogP contribution in [0.1, 0.15) is 33.8 Å². The summed E-state index contributed by atoms with van der Waals surface area (Å²) in [6.45, 7) is 1.98. The third-order valence-corrected chi connectivity index (χ3v) is 5.98. The maximum atomic E-state index is 12.7. The highest BCUT2D eigenvalue weighted by atomic mass is 32.1. The Labute approximate surface area is 171 Å². The number of benzene rings is 1. The van der Waals surface area contributed by atoms with Gasteiger partial charge in [0.2, 0.25) is 5.13 Å². The summed E-state index contributed by atoms with van der Waals surface area (Å²) in [6.07, 6.45) is 6.70. The molecule has 4 heterocycles. The summed E-state index contributed by atoms with van der Waals surface area (Å²) in [7, 11) is 0. The molecule has 5 rings (SSSR count). The Kier molecular flexibility index (Phi) is 4.69. The maximum absolute atomic E-state index is 12.7. The van der Waals surface area contributed by atoms with Crippen molar-refractivity contribution >= 4 is 39.1 Å². The second-order valence-electron chi connectivity index (χ2n) is 7.09. The van der Waals surface area contributed by atoms with Crippen LogP contribution in [-0.2, 0) is 6.42 Å². The number of H-pyrrole nitrogens is 1. The second kappa shape index (κ2) is 7.63. The fourth-order valence-electron chi connectivity index (χ4n) is 3.66. The third kappa shape index (κ3) is 3.71. The molecule has 0 saturated carbocycles. The first-order chi connectivity index (χ1) is 14.3. The highest BCUT2D eigenvalue weighted by Crippen LogP contribution is 2.24. The van der Waals surface area contributed by atoms with Crippen LogP contribution >= 0.6 is 11.3 Å². The number of carbonyl (C=O) groups excluding carboxylic acids is 1. The van der Waals surface area contributed by atoms with Crippen molar-refractivity contribution in [1.29, 1.82) is 0 Å². The van der Waals surface area contributed by atoms with E-state index in [-0.39, 0.29) is 5.91 Å². The number of hydrogen-bond acceptors (Lipinski definition) is 6. The van der Waals surface area contributed by atoms with Gasteiger partial charge in [-0.3, -0.25) is 10.1 Å². The molecule has 0 bridgehead atoms. The monoisotopic (exact) mass is 404 g/mol. The molecule has 7 nitrogen and oxygen atoms in total. The van der Waals surface area contributed by atoms with Crippen LogP contribution in [-0.4, -0.2) is 39.2 Å². The number of fused-ring (bicyclic) bond motifs is 1. The molecule has 0 spiro atoms. The van der Waals surface area contributed by atoms with E-state index in [4.69, 9.17) is 0 Å². The Bertz CT molecular complexity index is 1160. The molecule has 0 atom stereocenters. The number of para-hydroxylation sites is 1. The van der Waals surface area contributed by atoms with Crippen molar-refractivity contribution in [2.24, 2.45) is 0 Å². The van der Waals surface area contributed by atoms with Gasteiger partial charge in [0.15, 0.2) is 0 Å². The van der Waals surface area contributed by atoms with Gasteiger partial charge in [-0.25, -0.2) is 4.98 Å². The molecule has 1 aliphatic rings. The van der Waals surface area contributed by atoms with Crippen LogP contribution in [0.5, 0.6) is 0 Å². The number of nitrogens with one attached hydrogen (secondary N) is 2. The van der Waals surface area contributed by atoms with Crippen molar-refractivity contribution in [2.45, 2.75) is 19.3 Å². The standard InChI is InChI=1S/C21H20N6OS/c28-20(14-7-8-22-18(11-14)27-9-3-4-10-27)24-21-26-25-19(29-21)12-15-13-23-17-6-2-1-5-16(15)17/h1-2,5-8,11,13,23H,3-4,9-10,12H2,(H,24,26,28). The Morgan fingerprint density at radius 2 is 2.03 bits per heavy atom. The molecule has 29 heavy (non-hydrogen) atoms. The first-order valence-corrected chi connectivity index (χ1v) is 10.5. The topological polar surface area (TPSA) is 86.8 Å². The van der Waals surface area contributed by atoms with Gasteiger partial charge in [0.25, 0.3) is 5.91 Å². The van der Waals surface area contributed by atoms with Crippen molar-refractivity contribution in [3.8, 4) is 0 Å². The molecule has 1 aromatic carbocycles. The van der Waals surface area contributed by atoms with Crippen LogP contribution in [0.15, 0.2) is 48.8 Å². The van der Waals surface area contributed by atoms with Crippen LogP contribution in [0.4, 0.5) is 10.9 Å². The van der Waals surface area contributed by atoms with E-state index in [0.29, 0.717) is 17.1 Å². The van der Waals surface area contributed by atoms with E-state index >= 15 is 0 Å². The average Bonchev–Trinajstić information content (AvgIpc) is 3.50. The molecule has 3 aromatic heterocycles. The zero-order valence-electron chi connectivity index (χ0n) is 15.8. The van der Waals surface area contributed by atoms with Crippen molar-refractivity contribution in [3.63, 3.8) is 0 Å².